The molecular weight excluding hydrogens is 564 g/mol. The molecule has 1 fully saturated rings. The molecule has 0 bridgehead atoms. The zero-order chi connectivity index (χ0) is 31.2. The number of halogens is 1. The van der Waals surface area contributed by atoms with Gasteiger partial charge in [0, 0.05) is 51.0 Å². The summed E-state index contributed by atoms with van der Waals surface area (Å²) in [6, 6.07) is 10.7. The SMILES string of the molecule is COc1cc(CCN(Cc2ccc(N3CCN(C(=O)OC(C)(C)C)CC3)cc2)C(=O)OC(C)(C)C)c(Cl)cc1[N+](=O)[O-]. The Morgan fingerprint density at radius 1 is 0.976 bits per heavy atom. The number of piperazine rings is 1. The first kappa shape index (κ1) is 32.8. The van der Waals surface area contributed by atoms with Gasteiger partial charge >= 0.3 is 17.9 Å². The minimum Gasteiger partial charge on any atom is -0.490 e. The van der Waals surface area contributed by atoms with E-state index in [-0.39, 0.29) is 29.1 Å². The van der Waals surface area contributed by atoms with Crippen LogP contribution in [-0.2, 0) is 22.4 Å². The average Bonchev–Trinajstić information content (AvgIpc) is 2.89. The zero-order valence-electron chi connectivity index (χ0n) is 25.4. The van der Waals surface area contributed by atoms with E-state index in [1.165, 1.54) is 19.2 Å². The largest absolute Gasteiger partial charge is 0.490 e. The molecule has 2 amide bonds. The smallest absolute Gasteiger partial charge is 0.410 e. The first-order valence-corrected chi connectivity index (χ1v) is 14.2. The molecule has 1 heterocycles. The number of anilines is 1. The van der Waals surface area contributed by atoms with Crippen LogP contribution >= 0.6 is 11.6 Å². The van der Waals surface area contributed by atoms with Crippen LogP contribution in [0.1, 0.15) is 52.7 Å². The summed E-state index contributed by atoms with van der Waals surface area (Å²) in [5.41, 5.74) is 1.11. The van der Waals surface area contributed by atoms with Crippen LogP contribution in [0, 0.1) is 10.1 Å². The third-order valence-corrected chi connectivity index (χ3v) is 6.81. The van der Waals surface area contributed by atoms with Crippen molar-refractivity contribution >= 4 is 35.2 Å². The van der Waals surface area contributed by atoms with E-state index < -0.39 is 22.2 Å². The number of carbonyl (C=O) groups is 2. The molecule has 0 unspecified atom stereocenters. The third-order valence-electron chi connectivity index (χ3n) is 6.45. The van der Waals surface area contributed by atoms with E-state index in [0.717, 1.165) is 11.3 Å². The molecule has 2 aromatic carbocycles. The quantitative estimate of drug-likeness (QED) is 0.255. The second-order valence-corrected chi connectivity index (χ2v) is 12.6. The van der Waals surface area contributed by atoms with E-state index in [4.69, 9.17) is 25.8 Å². The van der Waals surface area contributed by atoms with Crippen molar-refractivity contribution in [2.75, 3.05) is 44.7 Å². The molecule has 1 aliphatic heterocycles. The van der Waals surface area contributed by atoms with E-state index in [1.54, 1.807) is 30.6 Å². The van der Waals surface area contributed by atoms with Gasteiger partial charge in [-0.3, -0.25) is 10.1 Å². The predicted octanol–water partition coefficient (Wildman–Crippen LogP) is 6.29. The van der Waals surface area contributed by atoms with Crippen LogP contribution in [0.15, 0.2) is 36.4 Å². The lowest BCUT2D eigenvalue weighted by Crippen LogP contribution is -2.50. The number of amides is 2. The summed E-state index contributed by atoms with van der Waals surface area (Å²) >= 11 is 6.35. The number of hydrogen-bond acceptors (Lipinski definition) is 8. The summed E-state index contributed by atoms with van der Waals surface area (Å²) in [5, 5.41) is 11.5. The topological polar surface area (TPSA) is 115 Å². The van der Waals surface area contributed by atoms with Crippen molar-refractivity contribution in [1.29, 1.82) is 0 Å². The van der Waals surface area contributed by atoms with Gasteiger partial charge in [0.15, 0.2) is 5.75 Å². The van der Waals surface area contributed by atoms with Crippen molar-refractivity contribution in [3.8, 4) is 5.75 Å². The molecule has 42 heavy (non-hydrogen) atoms. The fourth-order valence-electron chi connectivity index (χ4n) is 4.41. The van der Waals surface area contributed by atoms with Crippen molar-refractivity contribution in [1.82, 2.24) is 9.80 Å². The van der Waals surface area contributed by atoms with E-state index >= 15 is 0 Å². The third kappa shape index (κ3) is 9.40. The maximum Gasteiger partial charge on any atom is 0.410 e. The fraction of sp³-hybridized carbons (Fsp3) is 0.533. The lowest BCUT2D eigenvalue weighted by Gasteiger charge is -2.36. The summed E-state index contributed by atoms with van der Waals surface area (Å²) in [7, 11) is 1.36. The molecule has 12 heteroatoms. The van der Waals surface area contributed by atoms with Crippen LogP contribution in [0.5, 0.6) is 5.75 Å². The Balaban J connectivity index is 1.69. The molecule has 1 aliphatic rings. The molecular formula is C30H41ClN4O7. The lowest BCUT2D eigenvalue weighted by molar-refractivity contribution is -0.385. The Labute approximate surface area is 252 Å². The highest BCUT2D eigenvalue weighted by Crippen LogP contribution is 2.33. The zero-order valence-corrected chi connectivity index (χ0v) is 26.2. The molecule has 0 saturated carbocycles. The summed E-state index contributed by atoms with van der Waals surface area (Å²) in [5.74, 6) is 0.103. The minimum absolute atomic E-state index is 0.103. The highest BCUT2D eigenvalue weighted by atomic mass is 35.5. The number of ether oxygens (including phenoxy) is 3. The van der Waals surface area contributed by atoms with Gasteiger partial charge in [-0.05, 0) is 77.3 Å². The molecule has 2 aromatic rings. The van der Waals surface area contributed by atoms with Crippen molar-refractivity contribution in [2.45, 2.75) is 65.7 Å². The number of rotatable bonds is 8. The van der Waals surface area contributed by atoms with Gasteiger partial charge in [-0.2, -0.15) is 0 Å². The van der Waals surface area contributed by atoms with Crippen LogP contribution in [0.2, 0.25) is 5.02 Å². The average molecular weight is 605 g/mol. The highest BCUT2D eigenvalue weighted by molar-refractivity contribution is 6.31. The summed E-state index contributed by atoms with van der Waals surface area (Å²) in [6.07, 6.45) is -0.435. The summed E-state index contributed by atoms with van der Waals surface area (Å²) in [6.45, 7) is 14.0. The van der Waals surface area contributed by atoms with Gasteiger partial charge in [-0.1, -0.05) is 23.7 Å². The molecule has 230 valence electrons. The van der Waals surface area contributed by atoms with Crippen LogP contribution in [-0.4, -0.2) is 77.9 Å². The minimum atomic E-state index is -0.686. The van der Waals surface area contributed by atoms with Gasteiger partial charge in [0.05, 0.1) is 17.1 Å². The standard InChI is InChI=1S/C30H41ClN4O7/c1-29(2,3)41-27(36)33-16-14-32(15-17-33)23-10-8-21(9-11-23)20-34(28(37)42-30(4,5)6)13-12-22-18-26(40-7)25(35(38)39)19-24(22)31/h8-11,18-19H,12-17,20H2,1-7H3. The van der Waals surface area contributed by atoms with Crippen molar-refractivity contribution in [3.05, 3.63) is 62.7 Å². The summed E-state index contributed by atoms with van der Waals surface area (Å²) < 4.78 is 16.3. The Morgan fingerprint density at radius 2 is 1.57 bits per heavy atom. The van der Waals surface area contributed by atoms with E-state index in [0.29, 0.717) is 44.7 Å². The first-order chi connectivity index (χ1) is 19.6. The normalized spacial score (nSPS) is 13.9. The molecule has 0 radical (unpaired) electrons. The van der Waals surface area contributed by atoms with Crippen molar-refractivity contribution in [2.24, 2.45) is 0 Å². The number of carbonyl (C=O) groups excluding carboxylic acids is 2. The second kappa shape index (κ2) is 13.5. The molecule has 0 atom stereocenters. The Kier molecular flexibility index (Phi) is 10.5. The van der Waals surface area contributed by atoms with E-state index in [1.807, 2.05) is 45.0 Å². The fourth-order valence-corrected chi connectivity index (χ4v) is 4.66. The van der Waals surface area contributed by atoms with Crippen molar-refractivity contribution < 1.29 is 28.7 Å². The Morgan fingerprint density at radius 3 is 2.10 bits per heavy atom. The number of methoxy groups -OCH3 is 1. The van der Waals surface area contributed by atoms with Gasteiger partial charge in [-0.25, -0.2) is 9.59 Å². The number of nitro groups is 1. The maximum atomic E-state index is 13.1. The molecule has 0 N–H and O–H groups in total. The number of nitro benzene ring substituents is 1. The monoisotopic (exact) mass is 604 g/mol. The summed E-state index contributed by atoms with van der Waals surface area (Å²) in [4.78, 5) is 41.8. The first-order valence-electron chi connectivity index (χ1n) is 13.9. The van der Waals surface area contributed by atoms with E-state index in [9.17, 15) is 19.7 Å². The molecule has 0 spiro atoms. The number of hydrogen-bond donors (Lipinski definition) is 0. The van der Waals surface area contributed by atoms with Crippen LogP contribution in [0.3, 0.4) is 0 Å². The predicted molar refractivity (Wildman–Crippen MR) is 161 cm³/mol. The lowest BCUT2D eigenvalue weighted by atomic mass is 10.1. The Bertz CT molecular complexity index is 1260. The molecule has 1 saturated heterocycles. The van der Waals surface area contributed by atoms with Gasteiger partial charge < -0.3 is 28.9 Å². The highest BCUT2D eigenvalue weighted by Gasteiger charge is 2.27. The van der Waals surface area contributed by atoms with Crippen LogP contribution < -0.4 is 9.64 Å². The van der Waals surface area contributed by atoms with E-state index in [2.05, 4.69) is 4.90 Å². The molecule has 3 rings (SSSR count). The van der Waals surface area contributed by atoms with Crippen LogP contribution in [0.25, 0.3) is 0 Å². The Hall–Kier alpha value is -3.73. The van der Waals surface area contributed by atoms with Gasteiger partial charge in [0.25, 0.3) is 0 Å². The second-order valence-electron chi connectivity index (χ2n) is 12.1. The van der Waals surface area contributed by atoms with Gasteiger partial charge in [-0.15, -0.1) is 0 Å². The number of nitrogens with zero attached hydrogens (tertiary/aromatic N) is 4. The molecule has 0 aromatic heterocycles. The molecule has 11 nitrogen and oxygen atoms in total. The van der Waals surface area contributed by atoms with Gasteiger partial charge in [0.1, 0.15) is 11.2 Å². The molecule has 0 aliphatic carbocycles. The van der Waals surface area contributed by atoms with Crippen LogP contribution in [0.4, 0.5) is 21.0 Å². The maximum absolute atomic E-state index is 13.1. The number of benzene rings is 2. The van der Waals surface area contributed by atoms with Crippen molar-refractivity contribution in [3.63, 3.8) is 0 Å². The van der Waals surface area contributed by atoms with Gasteiger partial charge in [0.2, 0.25) is 0 Å².